The molecule has 8 heteroatoms. The van der Waals surface area contributed by atoms with Crippen molar-refractivity contribution >= 4 is 23.5 Å². The number of carbonyl (C=O) groups excluding carboxylic acids is 1. The maximum atomic E-state index is 12.3. The van der Waals surface area contributed by atoms with E-state index in [1.54, 1.807) is 37.3 Å². The number of pyridine rings is 1. The van der Waals surface area contributed by atoms with Crippen molar-refractivity contribution in [1.82, 2.24) is 19.7 Å². The molecule has 3 rings (SSSR count). The number of nitrogens with zero attached hydrogens (tertiary/aromatic N) is 5. The Morgan fingerprint density at radius 3 is 2.71 bits per heavy atom. The van der Waals surface area contributed by atoms with Crippen LogP contribution in [0.15, 0.2) is 42.6 Å². The first-order chi connectivity index (χ1) is 11.6. The number of nitriles is 1. The Morgan fingerprint density at radius 1 is 1.29 bits per heavy atom. The van der Waals surface area contributed by atoms with E-state index < -0.39 is 0 Å². The number of rotatable bonds is 3. The van der Waals surface area contributed by atoms with Gasteiger partial charge in [0, 0.05) is 11.8 Å². The molecule has 1 amide bonds. The lowest BCUT2D eigenvalue weighted by Gasteiger charge is -2.07. The number of amides is 1. The number of aryl methyl sites for hydroxylation is 1. The maximum absolute atomic E-state index is 12.3. The zero-order chi connectivity index (χ0) is 17.1. The van der Waals surface area contributed by atoms with Gasteiger partial charge in [-0.25, -0.2) is 4.98 Å². The predicted molar refractivity (Wildman–Crippen MR) is 88.0 cm³/mol. The molecule has 2 aromatic heterocycles. The van der Waals surface area contributed by atoms with Crippen LogP contribution in [0.25, 0.3) is 5.69 Å². The van der Waals surface area contributed by atoms with Crippen LogP contribution in [0, 0.1) is 18.3 Å². The van der Waals surface area contributed by atoms with Crippen molar-refractivity contribution in [3.8, 4) is 11.8 Å². The van der Waals surface area contributed by atoms with E-state index >= 15 is 0 Å². The summed E-state index contributed by atoms with van der Waals surface area (Å²) in [5.74, 6) is 0.402. The van der Waals surface area contributed by atoms with Crippen LogP contribution < -0.4 is 5.32 Å². The highest BCUT2D eigenvalue weighted by Gasteiger charge is 2.14. The highest BCUT2D eigenvalue weighted by molar-refractivity contribution is 6.29. The number of nitrogens with one attached hydrogen (secondary N) is 1. The highest BCUT2D eigenvalue weighted by atomic mass is 35.5. The van der Waals surface area contributed by atoms with E-state index in [-0.39, 0.29) is 17.0 Å². The molecule has 1 aromatic carbocycles. The van der Waals surface area contributed by atoms with E-state index in [0.717, 1.165) is 0 Å². The topological polar surface area (TPSA) is 96.5 Å². The smallest absolute Gasteiger partial charge is 0.258 e. The van der Waals surface area contributed by atoms with Crippen molar-refractivity contribution in [2.45, 2.75) is 6.92 Å². The first kappa shape index (κ1) is 15.6. The van der Waals surface area contributed by atoms with Crippen LogP contribution in [-0.2, 0) is 0 Å². The quantitative estimate of drug-likeness (QED) is 0.741. The molecule has 2 heterocycles. The SMILES string of the molecule is Cc1nc(NC(=O)c2ccnc(Cl)c2)n(-c2ccc(C#N)cc2)n1. The molecule has 0 atom stereocenters. The lowest BCUT2D eigenvalue weighted by atomic mass is 10.2. The fourth-order valence-electron chi connectivity index (χ4n) is 2.07. The molecule has 0 saturated heterocycles. The average molecular weight is 339 g/mol. The van der Waals surface area contributed by atoms with E-state index in [9.17, 15) is 4.79 Å². The van der Waals surface area contributed by atoms with Crippen molar-refractivity contribution < 1.29 is 4.79 Å². The molecule has 118 valence electrons. The minimum atomic E-state index is -0.374. The largest absolute Gasteiger partial charge is 0.290 e. The minimum absolute atomic E-state index is 0.229. The molecule has 0 aliphatic heterocycles. The van der Waals surface area contributed by atoms with Gasteiger partial charge in [0.25, 0.3) is 5.91 Å². The molecule has 0 unspecified atom stereocenters. The fraction of sp³-hybridized carbons (Fsp3) is 0.0625. The standard InChI is InChI=1S/C16H11ClN6O/c1-10-20-16(21-15(24)12-6-7-19-14(17)8-12)23(22-10)13-4-2-11(9-18)3-5-13/h2-8H,1H3,(H,20,21,22,24). The molecule has 0 fully saturated rings. The molecule has 1 N–H and O–H groups in total. The molecule has 3 aromatic rings. The first-order valence-electron chi connectivity index (χ1n) is 6.94. The van der Waals surface area contributed by atoms with E-state index in [4.69, 9.17) is 16.9 Å². The van der Waals surface area contributed by atoms with Crippen molar-refractivity contribution in [3.05, 3.63) is 64.7 Å². The summed E-state index contributed by atoms with van der Waals surface area (Å²) in [6, 6.07) is 11.9. The molecule has 0 radical (unpaired) electrons. The first-order valence-corrected chi connectivity index (χ1v) is 7.32. The number of hydrogen-bond acceptors (Lipinski definition) is 5. The van der Waals surface area contributed by atoms with Gasteiger partial charge >= 0.3 is 0 Å². The lowest BCUT2D eigenvalue weighted by Crippen LogP contribution is -2.16. The molecular formula is C16H11ClN6O. The zero-order valence-electron chi connectivity index (χ0n) is 12.6. The van der Waals surface area contributed by atoms with Gasteiger partial charge in [-0.2, -0.15) is 14.9 Å². The second-order valence-electron chi connectivity index (χ2n) is 4.87. The van der Waals surface area contributed by atoms with E-state index in [1.807, 2.05) is 0 Å². The number of aromatic nitrogens is 4. The molecule has 7 nitrogen and oxygen atoms in total. The predicted octanol–water partition coefficient (Wildman–Crippen LogP) is 2.75. The normalized spacial score (nSPS) is 10.2. The second kappa shape index (κ2) is 6.48. The van der Waals surface area contributed by atoms with Gasteiger partial charge in [0.05, 0.1) is 17.3 Å². The van der Waals surface area contributed by atoms with Gasteiger partial charge in [0.1, 0.15) is 11.0 Å². The fourth-order valence-corrected chi connectivity index (χ4v) is 2.24. The van der Waals surface area contributed by atoms with Crippen molar-refractivity contribution in [1.29, 1.82) is 5.26 Å². The van der Waals surface area contributed by atoms with Gasteiger partial charge in [0.15, 0.2) is 0 Å². The summed E-state index contributed by atoms with van der Waals surface area (Å²) in [4.78, 5) is 20.4. The van der Waals surface area contributed by atoms with Crippen LogP contribution in [0.3, 0.4) is 0 Å². The summed E-state index contributed by atoms with van der Waals surface area (Å²) < 4.78 is 1.50. The molecule has 0 spiro atoms. The Bertz CT molecular complexity index is 942. The minimum Gasteiger partial charge on any atom is -0.290 e. The number of anilines is 1. The Morgan fingerprint density at radius 2 is 2.04 bits per heavy atom. The monoisotopic (exact) mass is 338 g/mol. The van der Waals surface area contributed by atoms with Crippen molar-refractivity contribution in [3.63, 3.8) is 0 Å². The summed E-state index contributed by atoms with van der Waals surface area (Å²) in [5.41, 5.74) is 1.58. The molecule has 0 bridgehead atoms. The Labute approximate surface area is 142 Å². The second-order valence-corrected chi connectivity index (χ2v) is 5.26. The van der Waals surface area contributed by atoms with E-state index in [2.05, 4.69) is 26.5 Å². The Hall–Kier alpha value is -3.24. The molecule has 0 saturated carbocycles. The summed E-state index contributed by atoms with van der Waals surface area (Å²) in [5, 5.41) is 16.1. The lowest BCUT2D eigenvalue weighted by molar-refractivity contribution is 0.102. The van der Waals surface area contributed by atoms with E-state index in [1.165, 1.54) is 16.9 Å². The summed E-state index contributed by atoms with van der Waals surface area (Å²) in [7, 11) is 0. The molecular weight excluding hydrogens is 328 g/mol. The third kappa shape index (κ3) is 3.24. The molecule has 0 aliphatic carbocycles. The van der Waals surface area contributed by atoms with Crippen molar-refractivity contribution in [2.24, 2.45) is 0 Å². The van der Waals surface area contributed by atoms with Crippen LogP contribution in [-0.4, -0.2) is 25.7 Å². The van der Waals surface area contributed by atoms with Gasteiger partial charge in [-0.05, 0) is 43.3 Å². The Kier molecular flexibility index (Phi) is 4.22. The maximum Gasteiger partial charge on any atom is 0.258 e. The van der Waals surface area contributed by atoms with E-state index in [0.29, 0.717) is 22.6 Å². The van der Waals surface area contributed by atoms with Crippen LogP contribution >= 0.6 is 11.6 Å². The zero-order valence-corrected chi connectivity index (χ0v) is 13.3. The van der Waals surface area contributed by atoms with Crippen LogP contribution in [0.4, 0.5) is 5.95 Å². The Balaban J connectivity index is 1.91. The number of halogens is 1. The van der Waals surface area contributed by atoms with Gasteiger partial charge in [0.2, 0.25) is 5.95 Å². The number of hydrogen-bond donors (Lipinski definition) is 1. The summed E-state index contributed by atoms with van der Waals surface area (Å²) in [6.07, 6.45) is 1.45. The third-order valence-corrected chi connectivity index (χ3v) is 3.37. The van der Waals surface area contributed by atoms with Gasteiger partial charge < -0.3 is 0 Å². The highest BCUT2D eigenvalue weighted by Crippen LogP contribution is 2.16. The molecule has 24 heavy (non-hydrogen) atoms. The van der Waals surface area contributed by atoms with Gasteiger partial charge in [-0.3, -0.25) is 10.1 Å². The average Bonchev–Trinajstić information content (AvgIpc) is 2.95. The third-order valence-electron chi connectivity index (χ3n) is 3.17. The summed E-state index contributed by atoms with van der Waals surface area (Å²) >= 11 is 5.80. The van der Waals surface area contributed by atoms with Crippen LogP contribution in [0.5, 0.6) is 0 Å². The number of carbonyl (C=O) groups is 1. The van der Waals surface area contributed by atoms with Crippen molar-refractivity contribution in [2.75, 3.05) is 5.32 Å². The van der Waals surface area contributed by atoms with Gasteiger partial charge in [-0.1, -0.05) is 11.6 Å². The number of benzene rings is 1. The summed E-state index contributed by atoms with van der Waals surface area (Å²) in [6.45, 7) is 1.72. The molecule has 0 aliphatic rings. The van der Waals surface area contributed by atoms with Crippen LogP contribution in [0.2, 0.25) is 5.15 Å². The van der Waals surface area contributed by atoms with Gasteiger partial charge in [-0.15, -0.1) is 5.10 Å². The van der Waals surface area contributed by atoms with Crippen LogP contribution in [0.1, 0.15) is 21.7 Å².